The molecule has 0 aliphatic carbocycles. The molecule has 0 radical (unpaired) electrons. The number of nitrogens with one attached hydrogen (secondary N) is 1. The molecule has 4 nitrogen and oxygen atoms in total. The summed E-state index contributed by atoms with van der Waals surface area (Å²) < 4.78 is 41.2. The lowest BCUT2D eigenvalue weighted by Gasteiger charge is -2.11. The minimum absolute atomic E-state index is 0.167. The fourth-order valence-electron chi connectivity index (χ4n) is 2.44. The largest absolute Gasteiger partial charge is 0.450 e. The fourth-order valence-corrected chi connectivity index (χ4v) is 2.44. The third-order valence-electron chi connectivity index (χ3n) is 3.53. The Morgan fingerprint density at radius 3 is 2.50 bits per heavy atom. The minimum Gasteiger partial charge on any atom is -0.326 e. The van der Waals surface area contributed by atoms with Crippen LogP contribution < -0.4 is 5.32 Å². The summed E-state index contributed by atoms with van der Waals surface area (Å²) in [6.07, 6.45) is -4.31. The van der Waals surface area contributed by atoms with Crippen molar-refractivity contribution >= 4 is 22.6 Å². The average molecular weight is 333 g/mol. The van der Waals surface area contributed by atoms with Crippen LogP contribution in [0.4, 0.5) is 18.9 Å². The van der Waals surface area contributed by atoms with Gasteiger partial charge in [-0.1, -0.05) is 25.1 Å². The number of para-hydroxylation sites is 1. The van der Waals surface area contributed by atoms with Crippen LogP contribution in [0, 0.1) is 0 Å². The van der Waals surface area contributed by atoms with E-state index in [0.717, 1.165) is 4.57 Å². The van der Waals surface area contributed by atoms with E-state index < -0.39 is 12.0 Å². The second-order valence-electron chi connectivity index (χ2n) is 5.21. The number of hydrogen-bond donors (Lipinski definition) is 1. The van der Waals surface area contributed by atoms with Crippen LogP contribution in [0.15, 0.2) is 48.5 Å². The van der Waals surface area contributed by atoms with Gasteiger partial charge in [0, 0.05) is 17.8 Å². The van der Waals surface area contributed by atoms with Crippen molar-refractivity contribution in [1.29, 1.82) is 0 Å². The first-order valence-electron chi connectivity index (χ1n) is 7.35. The van der Waals surface area contributed by atoms with E-state index in [4.69, 9.17) is 0 Å². The summed E-state index contributed by atoms with van der Waals surface area (Å²) >= 11 is 0. The maximum absolute atomic E-state index is 13.4. The molecule has 1 aromatic heterocycles. The number of nitrogens with zero attached hydrogens (tertiary/aromatic N) is 2. The number of amides is 1. The van der Waals surface area contributed by atoms with Gasteiger partial charge in [-0.15, -0.1) is 0 Å². The first-order valence-corrected chi connectivity index (χ1v) is 7.35. The summed E-state index contributed by atoms with van der Waals surface area (Å²) in [6, 6.07) is 12.8. The number of carbonyl (C=O) groups is 1. The zero-order valence-corrected chi connectivity index (χ0v) is 12.8. The van der Waals surface area contributed by atoms with Gasteiger partial charge in [0.2, 0.25) is 11.7 Å². The molecule has 24 heavy (non-hydrogen) atoms. The number of halogens is 3. The number of fused-ring (bicyclic) bond motifs is 1. The first kappa shape index (κ1) is 16.0. The highest BCUT2D eigenvalue weighted by molar-refractivity contribution is 5.93. The van der Waals surface area contributed by atoms with E-state index in [1.54, 1.807) is 43.3 Å². The Morgan fingerprint density at radius 2 is 1.88 bits per heavy atom. The van der Waals surface area contributed by atoms with Crippen molar-refractivity contribution in [2.75, 3.05) is 5.32 Å². The van der Waals surface area contributed by atoms with Crippen LogP contribution in [-0.2, 0) is 11.0 Å². The van der Waals surface area contributed by atoms with Gasteiger partial charge in [-0.05, 0) is 30.3 Å². The lowest BCUT2D eigenvalue weighted by Crippen LogP contribution is -2.13. The number of hydrogen-bond acceptors (Lipinski definition) is 2. The lowest BCUT2D eigenvalue weighted by atomic mass is 10.2. The lowest BCUT2D eigenvalue weighted by molar-refractivity contribution is -0.145. The molecule has 0 aliphatic heterocycles. The van der Waals surface area contributed by atoms with E-state index >= 15 is 0 Å². The number of imidazole rings is 1. The van der Waals surface area contributed by atoms with E-state index in [1.165, 1.54) is 12.1 Å². The summed E-state index contributed by atoms with van der Waals surface area (Å²) in [5, 5.41) is 2.62. The number of carbonyl (C=O) groups excluding carboxylic acids is 1. The molecule has 0 saturated carbocycles. The van der Waals surface area contributed by atoms with Crippen LogP contribution in [0.3, 0.4) is 0 Å². The standard InChI is InChI=1S/C17H14F3N3O/c1-2-15(24)21-11-8-9-14-13(10-11)22-16(17(18,19)20)23(14)12-6-4-3-5-7-12/h3-10H,2H2,1H3,(H,21,24). The van der Waals surface area contributed by atoms with Crippen LogP contribution in [0.25, 0.3) is 16.7 Å². The van der Waals surface area contributed by atoms with Gasteiger partial charge in [0.05, 0.1) is 11.0 Å². The fraction of sp³-hybridized carbons (Fsp3) is 0.176. The summed E-state index contributed by atoms with van der Waals surface area (Å²) in [5.41, 5.74) is 1.28. The van der Waals surface area contributed by atoms with Gasteiger partial charge in [-0.2, -0.15) is 13.2 Å². The Hall–Kier alpha value is -2.83. The maximum atomic E-state index is 13.4. The summed E-state index contributed by atoms with van der Waals surface area (Å²) in [6.45, 7) is 1.69. The number of anilines is 1. The highest BCUT2D eigenvalue weighted by atomic mass is 19.4. The Kier molecular flexibility index (Phi) is 4.01. The van der Waals surface area contributed by atoms with Crippen LogP contribution in [-0.4, -0.2) is 15.5 Å². The van der Waals surface area contributed by atoms with E-state index in [0.29, 0.717) is 16.9 Å². The van der Waals surface area contributed by atoms with Crippen molar-refractivity contribution < 1.29 is 18.0 Å². The quantitative estimate of drug-likeness (QED) is 0.772. The number of benzene rings is 2. The second-order valence-corrected chi connectivity index (χ2v) is 5.21. The van der Waals surface area contributed by atoms with Gasteiger partial charge in [0.25, 0.3) is 0 Å². The molecule has 7 heteroatoms. The summed E-state index contributed by atoms with van der Waals surface area (Å²) in [5.74, 6) is -1.21. The first-order chi connectivity index (χ1) is 11.4. The molecule has 0 atom stereocenters. The molecule has 0 unspecified atom stereocenters. The van der Waals surface area contributed by atoms with Gasteiger partial charge in [0.15, 0.2) is 0 Å². The van der Waals surface area contributed by atoms with Crippen molar-refractivity contribution in [1.82, 2.24) is 9.55 Å². The normalized spacial score (nSPS) is 11.7. The molecule has 0 fully saturated rings. The predicted molar refractivity (Wildman–Crippen MR) is 85.0 cm³/mol. The number of aromatic nitrogens is 2. The van der Waals surface area contributed by atoms with Crippen molar-refractivity contribution in [2.24, 2.45) is 0 Å². The van der Waals surface area contributed by atoms with E-state index in [2.05, 4.69) is 10.3 Å². The molecule has 1 N–H and O–H groups in total. The van der Waals surface area contributed by atoms with Crippen molar-refractivity contribution in [3.8, 4) is 5.69 Å². The summed E-state index contributed by atoms with van der Waals surface area (Å²) in [4.78, 5) is 15.2. The van der Waals surface area contributed by atoms with Gasteiger partial charge >= 0.3 is 6.18 Å². The van der Waals surface area contributed by atoms with E-state index in [1.807, 2.05) is 0 Å². The molecular formula is C17H14F3N3O. The van der Waals surface area contributed by atoms with E-state index in [9.17, 15) is 18.0 Å². The molecule has 0 aliphatic rings. The second kappa shape index (κ2) is 5.99. The van der Waals surface area contributed by atoms with Gasteiger partial charge in [0.1, 0.15) is 0 Å². The SMILES string of the molecule is CCC(=O)Nc1ccc2c(c1)nc(C(F)(F)F)n2-c1ccccc1. The van der Waals surface area contributed by atoms with Crippen LogP contribution in [0.1, 0.15) is 19.2 Å². The number of alkyl halides is 3. The molecule has 124 valence electrons. The molecular weight excluding hydrogens is 319 g/mol. The Balaban J connectivity index is 2.19. The van der Waals surface area contributed by atoms with Gasteiger partial charge in [-0.3, -0.25) is 9.36 Å². The number of rotatable bonds is 3. The molecule has 0 saturated heterocycles. The molecule has 0 spiro atoms. The van der Waals surface area contributed by atoms with Crippen molar-refractivity contribution in [2.45, 2.75) is 19.5 Å². The highest BCUT2D eigenvalue weighted by Gasteiger charge is 2.38. The minimum atomic E-state index is -4.60. The van der Waals surface area contributed by atoms with Crippen LogP contribution >= 0.6 is 0 Å². The topological polar surface area (TPSA) is 46.9 Å². The third kappa shape index (κ3) is 2.97. The third-order valence-corrected chi connectivity index (χ3v) is 3.53. The molecule has 3 rings (SSSR count). The van der Waals surface area contributed by atoms with Crippen molar-refractivity contribution in [3.63, 3.8) is 0 Å². The Bertz CT molecular complexity index is 885. The smallest absolute Gasteiger partial charge is 0.326 e. The van der Waals surface area contributed by atoms with Crippen LogP contribution in [0.2, 0.25) is 0 Å². The monoisotopic (exact) mass is 333 g/mol. The molecule has 1 heterocycles. The predicted octanol–water partition coefficient (Wildman–Crippen LogP) is 4.39. The van der Waals surface area contributed by atoms with E-state index in [-0.39, 0.29) is 17.8 Å². The van der Waals surface area contributed by atoms with Gasteiger partial charge < -0.3 is 5.32 Å². The Labute approximate surface area is 135 Å². The van der Waals surface area contributed by atoms with Gasteiger partial charge in [-0.25, -0.2) is 4.98 Å². The average Bonchev–Trinajstić information content (AvgIpc) is 2.94. The molecule has 3 aromatic rings. The summed E-state index contributed by atoms with van der Waals surface area (Å²) in [7, 11) is 0. The maximum Gasteiger partial charge on any atom is 0.450 e. The highest BCUT2D eigenvalue weighted by Crippen LogP contribution is 2.34. The van der Waals surface area contributed by atoms with Crippen LogP contribution in [0.5, 0.6) is 0 Å². The molecule has 2 aromatic carbocycles. The zero-order chi connectivity index (χ0) is 17.3. The van der Waals surface area contributed by atoms with Crippen molar-refractivity contribution in [3.05, 3.63) is 54.4 Å². The zero-order valence-electron chi connectivity index (χ0n) is 12.8. The molecule has 0 bridgehead atoms. The Morgan fingerprint density at radius 1 is 1.17 bits per heavy atom. The molecule has 1 amide bonds.